The Bertz CT molecular complexity index is 840. The molecule has 138 valence electrons. The summed E-state index contributed by atoms with van der Waals surface area (Å²) in [6.45, 7) is 4.84. The third-order valence-corrected chi connectivity index (χ3v) is 5.83. The number of fused-ring (bicyclic) bond motifs is 1. The van der Waals surface area contributed by atoms with E-state index in [0.29, 0.717) is 20.7 Å². The molecule has 1 aromatic carbocycles. The molecule has 0 spiro atoms. The molecule has 2 aromatic rings. The molecule has 0 unspecified atom stereocenters. The first kappa shape index (κ1) is 19.1. The molecule has 0 atom stereocenters. The van der Waals surface area contributed by atoms with E-state index in [4.69, 9.17) is 23.2 Å². The average Bonchev–Trinajstić information content (AvgIpc) is 3.03. The normalized spacial score (nSPS) is 14.0. The summed E-state index contributed by atoms with van der Waals surface area (Å²) in [4.78, 5) is 32.2. The van der Waals surface area contributed by atoms with Crippen molar-refractivity contribution in [3.8, 4) is 0 Å². The van der Waals surface area contributed by atoms with Crippen LogP contribution in [0.1, 0.15) is 27.9 Å². The summed E-state index contributed by atoms with van der Waals surface area (Å²) in [5, 5.41) is 6.54. The quantitative estimate of drug-likeness (QED) is 0.790. The molecule has 1 aromatic heterocycles. The van der Waals surface area contributed by atoms with Crippen LogP contribution in [0.25, 0.3) is 0 Å². The first-order valence-corrected chi connectivity index (χ1v) is 9.77. The summed E-state index contributed by atoms with van der Waals surface area (Å²) >= 11 is 13.2. The van der Waals surface area contributed by atoms with Gasteiger partial charge in [-0.2, -0.15) is 0 Å². The number of benzene rings is 1. The second kappa shape index (κ2) is 8.35. The molecule has 2 N–H and O–H groups in total. The number of nitrogens with one attached hydrogen (secondary N) is 2. The Hall–Kier alpha value is -1.67. The van der Waals surface area contributed by atoms with E-state index in [2.05, 4.69) is 27.4 Å². The number of aromatic nitrogens is 1. The minimum absolute atomic E-state index is 0.148. The Balaban J connectivity index is 1.54. The fourth-order valence-electron chi connectivity index (χ4n) is 2.64. The van der Waals surface area contributed by atoms with Crippen LogP contribution in [0.4, 0.5) is 5.13 Å². The van der Waals surface area contributed by atoms with Crippen LogP contribution in [0, 0.1) is 0 Å². The number of carbonyl (C=O) groups excluding carboxylic acids is 2. The van der Waals surface area contributed by atoms with E-state index < -0.39 is 5.91 Å². The van der Waals surface area contributed by atoms with E-state index in [9.17, 15) is 9.59 Å². The molecule has 0 fully saturated rings. The van der Waals surface area contributed by atoms with Crippen LogP contribution in [0.5, 0.6) is 0 Å². The van der Waals surface area contributed by atoms with Gasteiger partial charge in [-0.1, -0.05) is 30.1 Å². The van der Waals surface area contributed by atoms with Gasteiger partial charge in [-0.25, -0.2) is 4.98 Å². The fraction of sp³-hybridized carbons (Fsp3) is 0.353. The summed E-state index contributed by atoms with van der Waals surface area (Å²) in [7, 11) is 0. The van der Waals surface area contributed by atoms with E-state index in [1.807, 2.05) is 0 Å². The fourth-order valence-corrected chi connectivity index (χ4v) is 4.00. The van der Waals surface area contributed by atoms with E-state index in [0.717, 1.165) is 31.7 Å². The van der Waals surface area contributed by atoms with Crippen molar-refractivity contribution in [3.63, 3.8) is 0 Å². The molecule has 1 aliphatic rings. The number of anilines is 1. The molecule has 26 heavy (non-hydrogen) atoms. The zero-order valence-electron chi connectivity index (χ0n) is 14.1. The van der Waals surface area contributed by atoms with Gasteiger partial charge < -0.3 is 10.6 Å². The molecule has 1 aliphatic heterocycles. The Morgan fingerprint density at radius 1 is 1.31 bits per heavy atom. The highest BCUT2D eigenvalue weighted by Crippen LogP contribution is 2.28. The first-order chi connectivity index (χ1) is 12.5. The predicted octanol–water partition coefficient (Wildman–Crippen LogP) is 3.20. The van der Waals surface area contributed by atoms with Crippen molar-refractivity contribution in [2.24, 2.45) is 0 Å². The van der Waals surface area contributed by atoms with Crippen molar-refractivity contribution in [1.82, 2.24) is 15.2 Å². The SMILES string of the molecule is CCN1CCc2nc(NC(=O)CNC(=O)c3ccc(Cl)c(Cl)c3)sc2C1. The number of amides is 2. The number of hydrogen-bond donors (Lipinski definition) is 2. The maximum absolute atomic E-state index is 12.1. The van der Waals surface area contributed by atoms with Crippen molar-refractivity contribution in [2.75, 3.05) is 25.0 Å². The van der Waals surface area contributed by atoms with Crippen molar-refractivity contribution in [1.29, 1.82) is 0 Å². The largest absolute Gasteiger partial charge is 0.343 e. The Morgan fingerprint density at radius 2 is 2.12 bits per heavy atom. The summed E-state index contributed by atoms with van der Waals surface area (Å²) < 4.78 is 0. The van der Waals surface area contributed by atoms with Gasteiger partial charge in [0.15, 0.2) is 5.13 Å². The van der Waals surface area contributed by atoms with Crippen molar-refractivity contribution < 1.29 is 9.59 Å². The monoisotopic (exact) mass is 412 g/mol. The maximum atomic E-state index is 12.1. The molecular formula is C17H18Cl2N4O2S. The van der Waals surface area contributed by atoms with Gasteiger partial charge in [0, 0.05) is 30.0 Å². The van der Waals surface area contributed by atoms with Gasteiger partial charge in [0.05, 0.1) is 22.3 Å². The summed E-state index contributed by atoms with van der Waals surface area (Å²) in [6, 6.07) is 4.56. The van der Waals surface area contributed by atoms with E-state index in [-0.39, 0.29) is 12.5 Å². The molecule has 0 aliphatic carbocycles. The smallest absolute Gasteiger partial charge is 0.251 e. The number of rotatable bonds is 5. The molecule has 3 rings (SSSR count). The molecule has 0 radical (unpaired) electrons. The average molecular weight is 413 g/mol. The second-order valence-electron chi connectivity index (χ2n) is 5.87. The third-order valence-electron chi connectivity index (χ3n) is 4.10. The lowest BCUT2D eigenvalue weighted by molar-refractivity contribution is -0.115. The maximum Gasteiger partial charge on any atom is 0.251 e. The minimum Gasteiger partial charge on any atom is -0.343 e. The third kappa shape index (κ3) is 4.54. The van der Waals surface area contributed by atoms with Crippen LogP contribution < -0.4 is 10.6 Å². The standard InChI is InChI=1S/C17H18Cl2N4O2S/c1-2-23-6-5-13-14(9-23)26-17(21-13)22-15(24)8-20-16(25)10-3-4-11(18)12(19)7-10/h3-4,7H,2,5-6,8-9H2,1H3,(H,20,25)(H,21,22,24). The molecule has 0 bridgehead atoms. The second-order valence-corrected chi connectivity index (χ2v) is 7.77. The van der Waals surface area contributed by atoms with E-state index in [1.165, 1.54) is 22.3 Å². The van der Waals surface area contributed by atoms with Crippen LogP contribution in [0.3, 0.4) is 0 Å². The molecule has 2 amide bonds. The van der Waals surface area contributed by atoms with Gasteiger partial charge in [0.1, 0.15) is 0 Å². The van der Waals surface area contributed by atoms with Crippen LogP contribution in [-0.2, 0) is 17.8 Å². The zero-order valence-corrected chi connectivity index (χ0v) is 16.5. The topological polar surface area (TPSA) is 74.3 Å². The Morgan fingerprint density at radius 3 is 2.85 bits per heavy atom. The number of hydrogen-bond acceptors (Lipinski definition) is 5. The molecule has 6 nitrogen and oxygen atoms in total. The lowest BCUT2D eigenvalue weighted by Crippen LogP contribution is -2.32. The van der Waals surface area contributed by atoms with Crippen LogP contribution in [-0.4, -0.2) is 41.3 Å². The molecule has 0 saturated heterocycles. The first-order valence-electron chi connectivity index (χ1n) is 8.20. The number of likely N-dealkylation sites (N-methyl/N-ethyl adjacent to an activating group) is 1. The van der Waals surface area contributed by atoms with Gasteiger partial charge in [0.2, 0.25) is 5.91 Å². The van der Waals surface area contributed by atoms with Gasteiger partial charge in [0.25, 0.3) is 5.91 Å². The summed E-state index contributed by atoms with van der Waals surface area (Å²) in [6.07, 6.45) is 0.892. The van der Waals surface area contributed by atoms with Crippen LogP contribution >= 0.6 is 34.5 Å². The van der Waals surface area contributed by atoms with E-state index in [1.54, 1.807) is 12.1 Å². The number of halogens is 2. The lowest BCUT2D eigenvalue weighted by Gasteiger charge is -2.23. The highest BCUT2D eigenvalue weighted by molar-refractivity contribution is 7.15. The highest BCUT2D eigenvalue weighted by atomic mass is 35.5. The van der Waals surface area contributed by atoms with Crippen molar-refractivity contribution in [2.45, 2.75) is 19.9 Å². The molecule has 0 saturated carbocycles. The molecule has 2 heterocycles. The molecule has 9 heteroatoms. The minimum atomic E-state index is -0.393. The number of carbonyl (C=O) groups is 2. The van der Waals surface area contributed by atoms with Crippen LogP contribution in [0.2, 0.25) is 10.0 Å². The van der Waals surface area contributed by atoms with E-state index >= 15 is 0 Å². The number of thiazole rings is 1. The van der Waals surface area contributed by atoms with Gasteiger partial charge >= 0.3 is 0 Å². The predicted molar refractivity (Wildman–Crippen MR) is 104 cm³/mol. The van der Waals surface area contributed by atoms with Gasteiger partial charge in [-0.15, -0.1) is 11.3 Å². The van der Waals surface area contributed by atoms with Gasteiger partial charge in [-0.05, 0) is 24.7 Å². The van der Waals surface area contributed by atoms with Crippen molar-refractivity contribution in [3.05, 3.63) is 44.4 Å². The van der Waals surface area contributed by atoms with Crippen molar-refractivity contribution >= 4 is 51.5 Å². The lowest BCUT2D eigenvalue weighted by atomic mass is 10.2. The Kier molecular flexibility index (Phi) is 6.13. The van der Waals surface area contributed by atoms with Crippen LogP contribution in [0.15, 0.2) is 18.2 Å². The van der Waals surface area contributed by atoms with Gasteiger partial charge in [-0.3, -0.25) is 14.5 Å². The summed E-state index contributed by atoms with van der Waals surface area (Å²) in [5.74, 6) is -0.715. The Labute approximate surface area is 165 Å². The number of nitrogens with zero attached hydrogens (tertiary/aromatic N) is 2. The highest BCUT2D eigenvalue weighted by Gasteiger charge is 2.20. The zero-order chi connectivity index (χ0) is 18.7. The molecular weight excluding hydrogens is 395 g/mol. The summed E-state index contributed by atoms with van der Waals surface area (Å²) in [5.41, 5.74) is 1.39.